The largest absolute Gasteiger partial charge is 0.307 e. The van der Waals surface area contributed by atoms with Gasteiger partial charge in [0.2, 0.25) is 0 Å². The predicted octanol–water partition coefficient (Wildman–Crippen LogP) is 4.72. The molecular weight excluding hydrogens is 286 g/mol. The molecule has 1 nitrogen and oxygen atoms in total. The number of nitrogens with one attached hydrogen (secondary N) is 1. The quantitative estimate of drug-likeness (QED) is 0.776. The van der Waals surface area contributed by atoms with Crippen LogP contribution in [0.25, 0.3) is 0 Å². The van der Waals surface area contributed by atoms with Crippen LogP contribution >= 0.6 is 27.5 Å². The van der Waals surface area contributed by atoms with Crippen molar-refractivity contribution in [3.8, 4) is 0 Å². The van der Waals surface area contributed by atoms with E-state index in [1.807, 2.05) is 25.1 Å². The van der Waals surface area contributed by atoms with Crippen molar-refractivity contribution in [1.82, 2.24) is 5.32 Å². The Kier molecular flexibility index (Phi) is 5.53. The minimum absolute atomic E-state index is 0.202. The van der Waals surface area contributed by atoms with Crippen LogP contribution in [0.1, 0.15) is 31.9 Å². The third-order valence-electron chi connectivity index (χ3n) is 2.37. The molecule has 0 aromatic heterocycles. The maximum atomic E-state index is 5.98. The SMILES string of the molecule is C=C(C)C(NCCC)c1ccc(Cl)c(Br)c1. The molecule has 1 atom stereocenters. The highest BCUT2D eigenvalue weighted by Gasteiger charge is 2.12. The topological polar surface area (TPSA) is 12.0 Å². The van der Waals surface area contributed by atoms with Gasteiger partial charge in [0.25, 0.3) is 0 Å². The van der Waals surface area contributed by atoms with Gasteiger partial charge >= 0.3 is 0 Å². The summed E-state index contributed by atoms with van der Waals surface area (Å²) < 4.78 is 0.927. The summed E-state index contributed by atoms with van der Waals surface area (Å²) in [4.78, 5) is 0. The van der Waals surface area contributed by atoms with Crippen LogP contribution in [0.5, 0.6) is 0 Å². The van der Waals surface area contributed by atoms with E-state index in [-0.39, 0.29) is 6.04 Å². The molecule has 0 saturated carbocycles. The van der Waals surface area contributed by atoms with Crippen LogP contribution in [-0.4, -0.2) is 6.54 Å². The van der Waals surface area contributed by atoms with Gasteiger partial charge in [-0.1, -0.05) is 36.7 Å². The van der Waals surface area contributed by atoms with Crippen LogP contribution in [-0.2, 0) is 0 Å². The molecule has 0 aliphatic rings. The molecule has 1 aromatic carbocycles. The predicted molar refractivity (Wildman–Crippen MR) is 75.0 cm³/mol. The van der Waals surface area contributed by atoms with Crippen molar-refractivity contribution in [1.29, 1.82) is 0 Å². The number of halogens is 2. The van der Waals surface area contributed by atoms with E-state index in [1.54, 1.807) is 0 Å². The average Bonchev–Trinajstić information content (AvgIpc) is 2.23. The maximum absolute atomic E-state index is 5.98. The molecule has 1 N–H and O–H groups in total. The van der Waals surface area contributed by atoms with E-state index in [9.17, 15) is 0 Å². The van der Waals surface area contributed by atoms with E-state index in [0.29, 0.717) is 0 Å². The Bertz CT molecular complexity index is 376. The Morgan fingerprint density at radius 2 is 2.25 bits per heavy atom. The van der Waals surface area contributed by atoms with E-state index in [2.05, 4.69) is 34.7 Å². The average molecular weight is 303 g/mol. The monoisotopic (exact) mass is 301 g/mol. The highest BCUT2D eigenvalue weighted by Crippen LogP contribution is 2.28. The summed E-state index contributed by atoms with van der Waals surface area (Å²) in [5, 5.41) is 4.20. The van der Waals surface area contributed by atoms with Crippen LogP contribution in [0.3, 0.4) is 0 Å². The molecule has 3 heteroatoms. The second-order valence-electron chi connectivity index (χ2n) is 3.91. The van der Waals surface area contributed by atoms with Crippen molar-refractivity contribution < 1.29 is 0 Å². The first-order valence-corrected chi connectivity index (χ1v) is 6.57. The molecule has 0 heterocycles. The van der Waals surface area contributed by atoms with Crippen LogP contribution in [0.4, 0.5) is 0 Å². The lowest BCUT2D eigenvalue weighted by Gasteiger charge is -2.19. The zero-order valence-corrected chi connectivity index (χ0v) is 12.0. The number of hydrogen-bond acceptors (Lipinski definition) is 1. The first-order chi connectivity index (χ1) is 7.56. The fraction of sp³-hybridized carbons (Fsp3) is 0.385. The van der Waals surface area contributed by atoms with Gasteiger partial charge in [-0.15, -0.1) is 0 Å². The lowest BCUT2D eigenvalue weighted by molar-refractivity contribution is 0.591. The van der Waals surface area contributed by atoms with E-state index in [0.717, 1.165) is 28.0 Å². The molecule has 16 heavy (non-hydrogen) atoms. The maximum Gasteiger partial charge on any atom is 0.0548 e. The summed E-state index contributed by atoms with van der Waals surface area (Å²) in [6.07, 6.45) is 1.11. The summed E-state index contributed by atoms with van der Waals surface area (Å²) in [6, 6.07) is 6.19. The summed E-state index contributed by atoms with van der Waals surface area (Å²) in [5.41, 5.74) is 2.31. The molecule has 1 unspecified atom stereocenters. The lowest BCUT2D eigenvalue weighted by atomic mass is 10.0. The summed E-state index contributed by atoms with van der Waals surface area (Å²) in [6.45, 7) is 9.20. The standard InChI is InChI=1S/C13H17BrClN/c1-4-7-16-13(9(2)3)10-5-6-12(15)11(14)8-10/h5-6,8,13,16H,2,4,7H2,1,3H3. The van der Waals surface area contributed by atoms with E-state index < -0.39 is 0 Å². The Labute approximate surface area is 111 Å². The van der Waals surface area contributed by atoms with Gasteiger partial charge in [-0.2, -0.15) is 0 Å². The number of hydrogen-bond donors (Lipinski definition) is 1. The van der Waals surface area contributed by atoms with Gasteiger partial charge in [0.15, 0.2) is 0 Å². The molecule has 88 valence electrons. The van der Waals surface area contributed by atoms with Crippen molar-refractivity contribution in [2.75, 3.05) is 6.54 Å². The minimum atomic E-state index is 0.202. The van der Waals surface area contributed by atoms with Crippen molar-refractivity contribution in [3.63, 3.8) is 0 Å². The summed E-state index contributed by atoms with van der Waals surface area (Å²) in [7, 11) is 0. The highest BCUT2D eigenvalue weighted by molar-refractivity contribution is 9.10. The molecule has 1 rings (SSSR count). The van der Waals surface area contributed by atoms with Crippen molar-refractivity contribution in [3.05, 3.63) is 45.4 Å². The molecule has 0 bridgehead atoms. The highest BCUT2D eigenvalue weighted by atomic mass is 79.9. The first kappa shape index (κ1) is 13.8. The molecule has 0 spiro atoms. The van der Waals surface area contributed by atoms with Crippen LogP contribution in [0.15, 0.2) is 34.8 Å². The number of rotatable bonds is 5. The fourth-order valence-corrected chi connectivity index (χ4v) is 2.07. The zero-order valence-electron chi connectivity index (χ0n) is 9.69. The van der Waals surface area contributed by atoms with Gasteiger partial charge in [0, 0.05) is 4.47 Å². The first-order valence-electron chi connectivity index (χ1n) is 5.40. The van der Waals surface area contributed by atoms with Crippen LogP contribution in [0, 0.1) is 0 Å². The van der Waals surface area contributed by atoms with Gasteiger partial charge < -0.3 is 5.32 Å². The van der Waals surface area contributed by atoms with E-state index in [1.165, 1.54) is 5.56 Å². The Balaban J connectivity index is 2.92. The van der Waals surface area contributed by atoms with E-state index in [4.69, 9.17) is 11.6 Å². The van der Waals surface area contributed by atoms with E-state index >= 15 is 0 Å². The molecule has 0 fully saturated rings. The van der Waals surface area contributed by atoms with Crippen LogP contribution in [0.2, 0.25) is 5.02 Å². The van der Waals surface area contributed by atoms with Gasteiger partial charge in [-0.05, 0) is 53.5 Å². The molecule has 0 aliphatic heterocycles. The molecule has 0 radical (unpaired) electrons. The third kappa shape index (κ3) is 3.62. The molecule has 0 amide bonds. The van der Waals surface area contributed by atoms with Crippen molar-refractivity contribution in [2.24, 2.45) is 0 Å². The number of benzene rings is 1. The second kappa shape index (κ2) is 6.43. The summed E-state index contributed by atoms with van der Waals surface area (Å²) >= 11 is 9.42. The van der Waals surface area contributed by atoms with Crippen molar-refractivity contribution >= 4 is 27.5 Å². The third-order valence-corrected chi connectivity index (χ3v) is 3.58. The van der Waals surface area contributed by atoms with Gasteiger partial charge in [-0.25, -0.2) is 0 Å². The molecule has 1 aromatic rings. The Morgan fingerprint density at radius 3 is 2.75 bits per heavy atom. The smallest absolute Gasteiger partial charge is 0.0548 e. The lowest BCUT2D eigenvalue weighted by Crippen LogP contribution is -2.22. The minimum Gasteiger partial charge on any atom is -0.307 e. The summed E-state index contributed by atoms with van der Waals surface area (Å²) in [5.74, 6) is 0. The molecule has 0 saturated heterocycles. The molecule has 0 aliphatic carbocycles. The van der Waals surface area contributed by atoms with Crippen molar-refractivity contribution in [2.45, 2.75) is 26.3 Å². The van der Waals surface area contributed by atoms with Crippen LogP contribution < -0.4 is 5.32 Å². The zero-order chi connectivity index (χ0) is 12.1. The Hall–Kier alpha value is -0.310. The van der Waals surface area contributed by atoms with Gasteiger partial charge in [-0.3, -0.25) is 0 Å². The van der Waals surface area contributed by atoms with Gasteiger partial charge in [0.05, 0.1) is 11.1 Å². The Morgan fingerprint density at radius 1 is 1.56 bits per heavy atom. The fourth-order valence-electron chi connectivity index (χ4n) is 1.56. The molecular formula is C13H17BrClN. The second-order valence-corrected chi connectivity index (χ2v) is 5.17. The normalized spacial score (nSPS) is 12.5. The van der Waals surface area contributed by atoms with Gasteiger partial charge in [0.1, 0.15) is 0 Å².